The number of fused-ring (bicyclic) bond motifs is 4. The van der Waals surface area contributed by atoms with Gasteiger partial charge in [0.05, 0.1) is 5.41 Å². The van der Waals surface area contributed by atoms with Crippen molar-refractivity contribution in [3.8, 4) is 33.4 Å². The van der Waals surface area contributed by atoms with E-state index in [0.29, 0.717) is 0 Å². The van der Waals surface area contributed by atoms with Gasteiger partial charge in [-0.2, -0.15) is 0 Å². The minimum atomic E-state index is -0.453. The van der Waals surface area contributed by atoms with Gasteiger partial charge in [0, 0.05) is 15.3 Å². The molecule has 1 aliphatic carbocycles. The zero-order valence-corrected chi connectivity index (χ0v) is 23.8. The maximum absolute atomic E-state index is 7.01. The average molecular weight is 561 g/mol. The number of benzene rings is 6. The van der Waals surface area contributed by atoms with E-state index in [1.165, 1.54) is 49.0 Å². The first-order valence-corrected chi connectivity index (χ1v) is 15.1. The molecule has 1 aliphatic rings. The summed E-state index contributed by atoms with van der Waals surface area (Å²) in [7, 11) is 0. The SMILES string of the molecule is Clc1ccc(-c2ccccc2)cc1-c1cccc2c1-c1ccccc1C2(c1ccccc1)c1ccc2ccsc2c1. The van der Waals surface area contributed by atoms with Crippen molar-refractivity contribution in [2.75, 3.05) is 0 Å². The molecule has 1 heterocycles. The number of rotatable bonds is 4. The largest absolute Gasteiger partial charge is 0.144 e. The minimum Gasteiger partial charge on any atom is -0.144 e. The number of halogens is 1. The summed E-state index contributed by atoms with van der Waals surface area (Å²) < 4.78 is 1.30. The molecule has 0 N–H and O–H groups in total. The first-order chi connectivity index (χ1) is 20.2. The second-order valence-electron chi connectivity index (χ2n) is 10.6. The molecule has 0 bridgehead atoms. The standard InChI is InChI=1S/C39H25ClS/c40-36-21-19-28(26-10-3-1-4-11-26)24-33(36)31-15-9-17-35-38(31)32-14-7-8-16-34(32)39(35,29-12-5-2-6-13-29)30-20-18-27-22-23-41-37(27)25-30/h1-25H. The van der Waals surface area contributed by atoms with Gasteiger partial charge in [-0.25, -0.2) is 0 Å². The van der Waals surface area contributed by atoms with Gasteiger partial charge in [0.1, 0.15) is 0 Å². The van der Waals surface area contributed by atoms with Gasteiger partial charge in [-0.3, -0.25) is 0 Å². The van der Waals surface area contributed by atoms with Crippen LogP contribution in [0, 0.1) is 0 Å². The third kappa shape index (κ3) is 3.67. The van der Waals surface area contributed by atoms with Gasteiger partial charge in [-0.15, -0.1) is 11.3 Å². The average Bonchev–Trinajstić information content (AvgIpc) is 3.63. The third-order valence-corrected chi connectivity index (χ3v) is 9.74. The summed E-state index contributed by atoms with van der Waals surface area (Å²) >= 11 is 8.81. The molecule has 0 nitrogen and oxygen atoms in total. The van der Waals surface area contributed by atoms with Crippen molar-refractivity contribution in [1.82, 2.24) is 0 Å². The summed E-state index contributed by atoms with van der Waals surface area (Å²) in [6.07, 6.45) is 0. The van der Waals surface area contributed by atoms with Gasteiger partial charge in [0.15, 0.2) is 0 Å². The lowest BCUT2D eigenvalue weighted by Gasteiger charge is -2.34. The van der Waals surface area contributed by atoms with E-state index >= 15 is 0 Å². The molecule has 6 aromatic carbocycles. The van der Waals surface area contributed by atoms with Crippen molar-refractivity contribution in [1.29, 1.82) is 0 Å². The van der Waals surface area contributed by atoms with E-state index in [9.17, 15) is 0 Å². The zero-order chi connectivity index (χ0) is 27.4. The molecule has 0 amide bonds. The summed E-state index contributed by atoms with van der Waals surface area (Å²) in [4.78, 5) is 0. The molecule has 41 heavy (non-hydrogen) atoms. The summed E-state index contributed by atoms with van der Waals surface area (Å²) in [6, 6.07) is 52.8. The van der Waals surface area contributed by atoms with Gasteiger partial charge < -0.3 is 0 Å². The smallest absolute Gasteiger partial charge is 0.0714 e. The van der Waals surface area contributed by atoms with Gasteiger partial charge >= 0.3 is 0 Å². The molecule has 8 rings (SSSR count). The molecule has 7 aromatic rings. The van der Waals surface area contributed by atoms with Gasteiger partial charge in [0.25, 0.3) is 0 Å². The zero-order valence-electron chi connectivity index (χ0n) is 22.2. The van der Waals surface area contributed by atoms with Crippen molar-refractivity contribution < 1.29 is 0 Å². The molecule has 0 saturated heterocycles. The number of hydrogen-bond donors (Lipinski definition) is 0. The van der Waals surface area contributed by atoms with Crippen LogP contribution >= 0.6 is 22.9 Å². The Labute approximate surface area is 249 Å². The van der Waals surface area contributed by atoms with Crippen molar-refractivity contribution in [3.05, 3.63) is 178 Å². The molecule has 0 radical (unpaired) electrons. The lowest BCUT2D eigenvalue weighted by Crippen LogP contribution is -2.28. The molecule has 0 aliphatic heterocycles. The highest BCUT2D eigenvalue weighted by Crippen LogP contribution is 2.59. The van der Waals surface area contributed by atoms with Crippen LogP contribution in [-0.4, -0.2) is 0 Å². The second kappa shape index (κ2) is 9.59. The fraction of sp³-hybridized carbons (Fsp3) is 0.0256. The van der Waals surface area contributed by atoms with Crippen molar-refractivity contribution in [2.24, 2.45) is 0 Å². The Bertz CT molecular complexity index is 2060. The van der Waals surface area contributed by atoms with Gasteiger partial charge in [-0.05, 0) is 85.1 Å². The Hall–Kier alpha value is -4.43. The molecule has 1 aromatic heterocycles. The van der Waals surface area contributed by atoms with Crippen molar-refractivity contribution in [3.63, 3.8) is 0 Å². The Morgan fingerprint density at radius 1 is 0.488 bits per heavy atom. The topological polar surface area (TPSA) is 0 Å². The molecule has 194 valence electrons. The van der Waals surface area contributed by atoms with Crippen LogP contribution in [0.15, 0.2) is 151 Å². The molecule has 1 atom stereocenters. The fourth-order valence-corrected chi connectivity index (χ4v) is 7.81. The lowest BCUT2D eigenvalue weighted by molar-refractivity contribution is 0.770. The molecular formula is C39H25ClS. The molecule has 0 saturated carbocycles. The molecule has 1 unspecified atom stereocenters. The Kier molecular flexibility index (Phi) is 5.70. The minimum absolute atomic E-state index is 0.453. The van der Waals surface area contributed by atoms with Gasteiger partial charge in [-0.1, -0.05) is 133 Å². The first kappa shape index (κ1) is 24.4. The number of hydrogen-bond acceptors (Lipinski definition) is 1. The first-order valence-electron chi connectivity index (χ1n) is 13.9. The monoisotopic (exact) mass is 560 g/mol. The van der Waals surface area contributed by atoms with Crippen LogP contribution < -0.4 is 0 Å². The van der Waals surface area contributed by atoms with E-state index in [0.717, 1.165) is 21.7 Å². The van der Waals surface area contributed by atoms with Crippen molar-refractivity contribution >= 4 is 33.0 Å². The van der Waals surface area contributed by atoms with E-state index in [4.69, 9.17) is 11.6 Å². The van der Waals surface area contributed by atoms with Gasteiger partial charge in [0.2, 0.25) is 0 Å². The third-order valence-electron chi connectivity index (χ3n) is 8.53. The van der Waals surface area contributed by atoms with E-state index in [1.54, 1.807) is 11.3 Å². The van der Waals surface area contributed by atoms with Crippen LogP contribution in [-0.2, 0) is 5.41 Å². The van der Waals surface area contributed by atoms with Crippen LogP contribution in [0.3, 0.4) is 0 Å². The van der Waals surface area contributed by atoms with E-state index < -0.39 is 5.41 Å². The summed E-state index contributed by atoms with van der Waals surface area (Å²) in [5.74, 6) is 0. The van der Waals surface area contributed by atoms with Crippen LogP contribution in [0.25, 0.3) is 43.5 Å². The predicted octanol–water partition coefficient (Wildman–Crippen LogP) is 11.3. The Balaban J connectivity index is 1.47. The summed E-state index contributed by atoms with van der Waals surface area (Å²) in [5.41, 5.74) is 11.8. The van der Waals surface area contributed by atoms with E-state index in [1.807, 2.05) is 6.07 Å². The molecule has 0 fully saturated rings. The maximum atomic E-state index is 7.01. The quantitative estimate of drug-likeness (QED) is 0.201. The molecule has 2 heteroatoms. The maximum Gasteiger partial charge on any atom is 0.0714 e. The molecule has 0 spiro atoms. The summed E-state index contributed by atoms with van der Waals surface area (Å²) in [6.45, 7) is 0. The van der Waals surface area contributed by atoms with E-state index in [2.05, 4.69) is 145 Å². The predicted molar refractivity (Wildman–Crippen MR) is 175 cm³/mol. The van der Waals surface area contributed by atoms with Crippen LogP contribution in [0.4, 0.5) is 0 Å². The second-order valence-corrected chi connectivity index (χ2v) is 12.0. The lowest BCUT2D eigenvalue weighted by atomic mass is 9.67. The van der Waals surface area contributed by atoms with Crippen LogP contribution in [0.2, 0.25) is 5.02 Å². The summed E-state index contributed by atoms with van der Waals surface area (Å²) in [5, 5.41) is 4.22. The molecular weight excluding hydrogens is 536 g/mol. The Morgan fingerprint density at radius 2 is 1.22 bits per heavy atom. The highest BCUT2D eigenvalue weighted by molar-refractivity contribution is 7.17. The van der Waals surface area contributed by atoms with Crippen molar-refractivity contribution in [2.45, 2.75) is 5.41 Å². The highest BCUT2D eigenvalue weighted by Gasteiger charge is 2.47. The number of thiophene rings is 1. The van der Waals surface area contributed by atoms with Crippen LogP contribution in [0.1, 0.15) is 22.3 Å². The van der Waals surface area contributed by atoms with E-state index in [-0.39, 0.29) is 0 Å². The normalized spacial score (nSPS) is 15.5. The highest BCUT2D eigenvalue weighted by atomic mass is 35.5. The van der Waals surface area contributed by atoms with Crippen LogP contribution in [0.5, 0.6) is 0 Å². The fourth-order valence-electron chi connectivity index (χ4n) is 6.76. The Morgan fingerprint density at radius 3 is 2.07 bits per heavy atom.